The maximum Gasteiger partial charge on any atom is 0.360 e. The third-order valence-corrected chi connectivity index (χ3v) is 5.17. The fourth-order valence-electron chi connectivity index (χ4n) is 3.03. The number of carbonyl (C=O) groups is 2. The Bertz CT molecular complexity index is 1290. The molecular formula is C19H19BrN8O3. The summed E-state index contributed by atoms with van der Waals surface area (Å²) >= 11 is 3.52. The molecule has 0 aromatic carbocycles. The Balaban J connectivity index is 1.70. The van der Waals surface area contributed by atoms with Crippen molar-refractivity contribution in [3.8, 4) is 11.4 Å². The molecule has 160 valence electrons. The lowest BCUT2D eigenvalue weighted by Gasteiger charge is -2.03. The number of rotatable bonds is 6. The van der Waals surface area contributed by atoms with Gasteiger partial charge < -0.3 is 10.1 Å². The van der Waals surface area contributed by atoms with Gasteiger partial charge in [0.25, 0.3) is 5.91 Å². The molecular weight excluding hydrogens is 468 g/mol. The second-order valence-electron chi connectivity index (χ2n) is 6.50. The van der Waals surface area contributed by atoms with E-state index in [9.17, 15) is 9.59 Å². The summed E-state index contributed by atoms with van der Waals surface area (Å²) in [7, 11) is 1.26. The van der Waals surface area contributed by atoms with Crippen molar-refractivity contribution in [2.45, 2.75) is 26.9 Å². The molecule has 0 spiro atoms. The van der Waals surface area contributed by atoms with Crippen LogP contribution in [0.5, 0.6) is 0 Å². The second-order valence-corrected chi connectivity index (χ2v) is 7.36. The lowest BCUT2D eigenvalue weighted by atomic mass is 10.3. The number of hydrogen-bond acceptors (Lipinski definition) is 7. The van der Waals surface area contributed by atoms with Gasteiger partial charge in [-0.3, -0.25) is 14.2 Å². The smallest absolute Gasteiger partial charge is 0.360 e. The average molecular weight is 487 g/mol. The molecule has 0 fully saturated rings. The molecule has 1 amide bonds. The van der Waals surface area contributed by atoms with Crippen molar-refractivity contribution in [1.29, 1.82) is 0 Å². The summed E-state index contributed by atoms with van der Waals surface area (Å²) in [6.45, 7) is 5.10. The van der Waals surface area contributed by atoms with Crippen LogP contribution in [-0.4, -0.2) is 53.1 Å². The monoisotopic (exact) mass is 486 g/mol. The fraction of sp³-hybridized carbons (Fsp3) is 0.263. The van der Waals surface area contributed by atoms with E-state index in [2.05, 4.69) is 41.5 Å². The van der Waals surface area contributed by atoms with Gasteiger partial charge in [0.1, 0.15) is 5.69 Å². The van der Waals surface area contributed by atoms with E-state index in [1.807, 2.05) is 20.0 Å². The van der Waals surface area contributed by atoms with Gasteiger partial charge in [0, 0.05) is 37.7 Å². The predicted molar refractivity (Wildman–Crippen MR) is 115 cm³/mol. The number of carbonyl (C=O) groups excluding carboxylic acids is 2. The van der Waals surface area contributed by atoms with Crippen molar-refractivity contribution >= 4 is 39.1 Å². The Morgan fingerprint density at radius 1 is 1.13 bits per heavy atom. The van der Waals surface area contributed by atoms with Gasteiger partial charge in [0.15, 0.2) is 17.0 Å². The Kier molecular flexibility index (Phi) is 5.55. The van der Waals surface area contributed by atoms with E-state index in [1.165, 1.54) is 11.8 Å². The van der Waals surface area contributed by atoms with E-state index in [-0.39, 0.29) is 17.1 Å². The number of fused-ring (bicyclic) bond motifs is 1. The molecule has 0 aliphatic carbocycles. The Morgan fingerprint density at radius 2 is 1.87 bits per heavy atom. The van der Waals surface area contributed by atoms with Crippen molar-refractivity contribution in [2.24, 2.45) is 0 Å². The van der Waals surface area contributed by atoms with Crippen LogP contribution in [0.1, 0.15) is 34.8 Å². The van der Waals surface area contributed by atoms with Crippen LogP contribution in [0.2, 0.25) is 0 Å². The highest BCUT2D eigenvalue weighted by Gasteiger charge is 2.22. The number of anilines is 1. The van der Waals surface area contributed by atoms with Gasteiger partial charge in [-0.25, -0.2) is 14.3 Å². The van der Waals surface area contributed by atoms with Gasteiger partial charge in [0.2, 0.25) is 0 Å². The van der Waals surface area contributed by atoms with Crippen molar-refractivity contribution in [3.63, 3.8) is 0 Å². The van der Waals surface area contributed by atoms with Crippen molar-refractivity contribution in [1.82, 2.24) is 34.2 Å². The Labute approximate surface area is 185 Å². The first-order valence-electron chi connectivity index (χ1n) is 9.50. The summed E-state index contributed by atoms with van der Waals surface area (Å²) in [5.41, 5.74) is 2.24. The maximum atomic E-state index is 12.9. The molecule has 11 nitrogen and oxygen atoms in total. The number of methoxy groups -OCH3 is 1. The molecule has 0 radical (unpaired) electrons. The highest BCUT2D eigenvalue weighted by atomic mass is 79.9. The maximum absolute atomic E-state index is 12.9. The van der Waals surface area contributed by atoms with Gasteiger partial charge in [-0.1, -0.05) is 0 Å². The number of amides is 1. The molecule has 31 heavy (non-hydrogen) atoms. The summed E-state index contributed by atoms with van der Waals surface area (Å²) in [5.74, 6) is -1.15. The van der Waals surface area contributed by atoms with E-state index < -0.39 is 11.9 Å². The number of ether oxygens (including phenoxy) is 1. The first-order chi connectivity index (χ1) is 14.9. The van der Waals surface area contributed by atoms with Gasteiger partial charge in [-0.2, -0.15) is 15.3 Å². The minimum Gasteiger partial charge on any atom is -0.464 e. The molecule has 0 atom stereocenters. The summed E-state index contributed by atoms with van der Waals surface area (Å²) < 4.78 is 10.4. The van der Waals surface area contributed by atoms with Crippen molar-refractivity contribution in [3.05, 3.63) is 46.6 Å². The molecule has 0 unspecified atom stereocenters. The van der Waals surface area contributed by atoms with Crippen molar-refractivity contribution in [2.75, 3.05) is 12.4 Å². The summed E-state index contributed by atoms with van der Waals surface area (Å²) in [6.07, 6.45) is 5.07. The molecule has 4 rings (SSSR count). The van der Waals surface area contributed by atoms with Gasteiger partial charge in [-0.15, -0.1) is 0 Å². The van der Waals surface area contributed by atoms with Gasteiger partial charge in [-0.05, 0) is 35.8 Å². The number of halogens is 1. The van der Waals surface area contributed by atoms with Crippen LogP contribution in [0.15, 0.2) is 35.2 Å². The lowest BCUT2D eigenvalue weighted by Crippen LogP contribution is -2.15. The lowest BCUT2D eigenvalue weighted by molar-refractivity contribution is 0.0594. The molecule has 12 heteroatoms. The molecule has 0 bridgehead atoms. The quantitative estimate of drug-likeness (QED) is 0.415. The topological polar surface area (TPSA) is 121 Å². The molecule has 0 saturated heterocycles. The van der Waals surface area contributed by atoms with Crippen LogP contribution in [0.4, 0.5) is 5.69 Å². The van der Waals surface area contributed by atoms with Gasteiger partial charge >= 0.3 is 5.97 Å². The Hall–Kier alpha value is -3.54. The number of hydrogen-bond donors (Lipinski definition) is 1. The van der Waals surface area contributed by atoms with Crippen molar-refractivity contribution < 1.29 is 14.3 Å². The van der Waals surface area contributed by atoms with E-state index in [1.54, 1.807) is 33.7 Å². The molecule has 0 aliphatic heterocycles. The highest BCUT2D eigenvalue weighted by molar-refractivity contribution is 9.10. The predicted octanol–water partition coefficient (Wildman–Crippen LogP) is 2.63. The van der Waals surface area contributed by atoms with E-state index in [0.29, 0.717) is 30.1 Å². The number of nitrogens with one attached hydrogen (secondary N) is 1. The SMILES string of the molecule is CCn1cc(NC(=O)c2cc3nccc(-c4nn(CC)cc4Br)n3n2)c(C(=O)OC)n1. The summed E-state index contributed by atoms with van der Waals surface area (Å²) in [5, 5.41) is 15.8. The van der Waals surface area contributed by atoms with Crippen LogP contribution in [0.3, 0.4) is 0 Å². The van der Waals surface area contributed by atoms with Crippen LogP contribution < -0.4 is 5.32 Å². The molecule has 4 aromatic rings. The minimum atomic E-state index is -0.641. The largest absolute Gasteiger partial charge is 0.464 e. The summed E-state index contributed by atoms with van der Waals surface area (Å²) in [6, 6.07) is 3.33. The van der Waals surface area contributed by atoms with E-state index in [4.69, 9.17) is 4.74 Å². The molecule has 0 saturated carbocycles. The normalized spacial score (nSPS) is 11.1. The fourth-order valence-corrected chi connectivity index (χ4v) is 3.55. The first-order valence-corrected chi connectivity index (χ1v) is 10.3. The van der Waals surface area contributed by atoms with Crippen LogP contribution >= 0.6 is 15.9 Å². The zero-order valence-electron chi connectivity index (χ0n) is 17.0. The second kappa shape index (κ2) is 8.30. The summed E-state index contributed by atoms with van der Waals surface area (Å²) in [4.78, 5) is 29.2. The zero-order chi connectivity index (χ0) is 22.1. The zero-order valence-corrected chi connectivity index (χ0v) is 18.6. The van der Waals surface area contributed by atoms with Crippen LogP contribution in [0.25, 0.3) is 17.0 Å². The minimum absolute atomic E-state index is 0.0225. The van der Waals surface area contributed by atoms with Gasteiger partial charge in [0.05, 0.1) is 23.0 Å². The molecule has 1 N–H and O–H groups in total. The number of aromatic nitrogens is 7. The molecule has 4 aromatic heterocycles. The average Bonchev–Trinajstić information content (AvgIpc) is 3.48. The number of esters is 1. The molecule has 0 aliphatic rings. The highest BCUT2D eigenvalue weighted by Crippen LogP contribution is 2.27. The van der Waals surface area contributed by atoms with E-state index in [0.717, 1.165) is 4.47 Å². The Morgan fingerprint density at radius 3 is 2.55 bits per heavy atom. The molecule has 4 heterocycles. The third kappa shape index (κ3) is 3.81. The standard InChI is InChI=1S/C19H19BrN8O3/c1-4-26-9-11(20)16(24-26)14-6-7-21-15-8-12(23-28(14)15)18(29)22-13-10-27(5-2)25-17(13)19(30)31-3/h6-10H,4-5H2,1-3H3,(H,22,29). The van der Waals surface area contributed by atoms with Crippen LogP contribution in [-0.2, 0) is 17.8 Å². The number of nitrogens with zero attached hydrogens (tertiary/aromatic N) is 7. The third-order valence-electron chi connectivity index (χ3n) is 4.59. The van der Waals surface area contributed by atoms with E-state index >= 15 is 0 Å². The number of aryl methyl sites for hydroxylation is 2. The van der Waals surface area contributed by atoms with Crippen LogP contribution in [0, 0.1) is 0 Å². The first kappa shape index (κ1) is 20.7.